The van der Waals surface area contributed by atoms with E-state index in [-0.39, 0.29) is 0 Å². The van der Waals surface area contributed by atoms with Crippen LogP contribution >= 0.6 is 15.9 Å². The number of hydrogen-bond donors (Lipinski definition) is 0. The Balaban J connectivity index is 1.70. The van der Waals surface area contributed by atoms with Gasteiger partial charge in [0.15, 0.2) is 0 Å². The zero-order valence-electron chi connectivity index (χ0n) is 13.8. The first-order valence-electron chi connectivity index (χ1n) is 9.65. The molecular weight excluding hydrogens is 322 g/mol. The first-order chi connectivity index (χ1) is 10.3. The lowest BCUT2D eigenvalue weighted by Gasteiger charge is -2.46. The van der Waals surface area contributed by atoms with E-state index in [9.17, 15) is 0 Å². The van der Waals surface area contributed by atoms with Gasteiger partial charge < -0.3 is 0 Å². The number of halogens is 1. The van der Waals surface area contributed by atoms with Gasteiger partial charge in [-0.25, -0.2) is 0 Å². The molecule has 3 aliphatic rings. The number of nitrogens with zero attached hydrogens (tertiary/aromatic N) is 1. The average molecular weight is 356 g/mol. The molecule has 0 aromatic rings. The minimum Gasteiger partial charge on any atom is -0.297 e. The third kappa shape index (κ3) is 4.05. The molecule has 3 saturated carbocycles. The Morgan fingerprint density at radius 1 is 0.714 bits per heavy atom. The van der Waals surface area contributed by atoms with E-state index in [1.54, 1.807) is 0 Å². The molecule has 1 nitrogen and oxygen atoms in total. The molecular formula is C19H34BrN. The van der Waals surface area contributed by atoms with Gasteiger partial charge in [0.05, 0.1) is 0 Å². The molecule has 0 radical (unpaired) electrons. The molecule has 0 amide bonds. The van der Waals surface area contributed by atoms with Crippen LogP contribution in [0.15, 0.2) is 0 Å². The summed E-state index contributed by atoms with van der Waals surface area (Å²) in [6.45, 7) is 1.40. The lowest BCUT2D eigenvalue weighted by molar-refractivity contribution is 0.0422. The predicted octanol–water partition coefficient (Wildman–Crippen LogP) is 5.91. The summed E-state index contributed by atoms with van der Waals surface area (Å²) in [5, 5.41) is 1.23. The van der Waals surface area contributed by atoms with Crippen LogP contribution in [0.25, 0.3) is 0 Å². The molecule has 0 spiro atoms. The van der Waals surface area contributed by atoms with E-state index in [4.69, 9.17) is 0 Å². The van der Waals surface area contributed by atoms with Crippen LogP contribution in [0.5, 0.6) is 0 Å². The SMILES string of the molecule is BrCC1(CN(C2CCCCC2)C2CCCCC2)CCCC1. The molecule has 0 saturated heterocycles. The van der Waals surface area contributed by atoms with Crippen molar-refractivity contribution in [1.82, 2.24) is 4.90 Å². The molecule has 0 heterocycles. The summed E-state index contributed by atoms with van der Waals surface area (Å²) < 4.78 is 0. The van der Waals surface area contributed by atoms with Gasteiger partial charge in [-0.2, -0.15) is 0 Å². The van der Waals surface area contributed by atoms with Crippen molar-refractivity contribution in [3.63, 3.8) is 0 Å². The van der Waals surface area contributed by atoms with Crippen molar-refractivity contribution in [2.24, 2.45) is 5.41 Å². The monoisotopic (exact) mass is 355 g/mol. The number of alkyl halides is 1. The molecule has 2 heteroatoms. The van der Waals surface area contributed by atoms with Crippen molar-refractivity contribution >= 4 is 15.9 Å². The first-order valence-corrected chi connectivity index (χ1v) is 10.8. The van der Waals surface area contributed by atoms with Crippen LogP contribution < -0.4 is 0 Å². The fourth-order valence-corrected chi connectivity index (χ4v) is 5.97. The molecule has 3 aliphatic carbocycles. The van der Waals surface area contributed by atoms with E-state index < -0.39 is 0 Å². The van der Waals surface area contributed by atoms with E-state index in [2.05, 4.69) is 20.8 Å². The van der Waals surface area contributed by atoms with E-state index in [1.165, 1.54) is 102 Å². The van der Waals surface area contributed by atoms with Gasteiger partial charge in [-0.05, 0) is 43.9 Å². The quantitative estimate of drug-likeness (QED) is 0.554. The van der Waals surface area contributed by atoms with Crippen LogP contribution in [-0.4, -0.2) is 28.9 Å². The summed E-state index contributed by atoms with van der Waals surface area (Å²) in [4.78, 5) is 3.03. The summed E-state index contributed by atoms with van der Waals surface area (Å²) >= 11 is 3.88. The van der Waals surface area contributed by atoms with Crippen molar-refractivity contribution < 1.29 is 0 Å². The largest absolute Gasteiger partial charge is 0.297 e. The highest BCUT2D eigenvalue weighted by atomic mass is 79.9. The van der Waals surface area contributed by atoms with Gasteiger partial charge in [0.25, 0.3) is 0 Å². The van der Waals surface area contributed by atoms with Crippen LogP contribution in [0.4, 0.5) is 0 Å². The van der Waals surface area contributed by atoms with Crippen LogP contribution in [0, 0.1) is 5.41 Å². The fraction of sp³-hybridized carbons (Fsp3) is 1.00. The predicted molar refractivity (Wildman–Crippen MR) is 95.1 cm³/mol. The van der Waals surface area contributed by atoms with Crippen LogP contribution in [0.2, 0.25) is 0 Å². The fourth-order valence-electron chi connectivity index (χ4n) is 5.23. The van der Waals surface area contributed by atoms with E-state index >= 15 is 0 Å². The second-order valence-electron chi connectivity index (χ2n) is 8.10. The lowest BCUT2D eigenvalue weighted by Crippen LogP contribution is -2.50. The van der Waals surface area contributed by atoms with Gasteiger partial charge in [-0.3, -0.25) is 4.90 Å². The zero-order valence-corrected chi connectivity index (χ0v) is 15.4. The molecule has 0 unspecified atom stereocenters. The molecule has 0 aliphatic heterocycles. The second-order valence-corrected chi connectivity index (χ2v) is 8.66. The second kappa shape index (κ2) is 7.81. The Hall–Kier alpha value is 0.440. The molecule has 0 bridgehead atoms. The molecule has 0 aromatic heterocycles. The van der Waals surface area contributed by atoms with Crippen molar-refractivity contribution in [3.8, 4) is 0 Å². The molecule has 0 N–H and O–H groups in total. The van der Waals surface area contributed by atoms with Crippen LogP contribution in [0.1, 0.15) is 89.9 Å². The van der Waals surface area contributed by atoms with Crippen LogP contribution in [-0.2, 0) is 0 Å². The Kier molecular flexibility index (Phi) is 6.07. The van der Waals surface area contributed by atoms with Gasteiger partial charge in [0.1, 0.15) is 0 Å². The molecule has 21 heavy (non-hydrogen) atoms. The molecule has 0 aromatic carbocycles. The molecule has 0 atom stereocenters. The van der Waals surface area contributed by atoms with Crippen molar-refractivity contribution in [1.29, 1.82) is 0 Å². The number of hydrogen-bond acceptors (Lipinski definition) is 1. The Morgan fingerprint density at radius 2 is 1.19 bits per heavy atom. The van der Waals surface area contributed by atoms with Crippen molar-refractivity contribution in [2.75, 3.05) is 11.9 Å². The minimum absolute atomic E-state index is 0.606. The highest BCUT2D eigenvalue weighted by Crippen LogP contribution is 2.42. The molecule has 3 rings (SSSR count). The lowest BCUT2D eigenvalue weighted by atomic mass is 9.83. The van der Waals surface area contributed by atoms with Crippen molar-refractivity contribution in [3.05, 3.63) is 0 Å². The third-order valence-corrected chi connectivity index (χ3v) is 7.74. The first kappa shape index (κ1) is 16.3. The Labute approximate surface area is 140 Å². The summed E-state index contributed by atoms with van der Waals surface area (Å²) in [5.41, 5.74) is 0.606. The zero-order chi connectivity index (χ0) is 14.5. The van der Waals surface area contributed by atoms with Gasteiger partial charge in [0, 0.05) is 24.0 Å². The van der Waals surface area contributed by atoms with E-state index in [0.29, 0.717) is 5.41 Å². The van der Waals surface area contributed by atoms with Crippen molar-refractivity contribution in [2.45, 2.75) is 102 Å². The summed E-state index contributed by atoms with van der Waals surface area (Å²) in [7, 11) is 0. The van der Waals surface area contributed by atoms with Gasteiger partial charge in [0.2, 0.25) is 0 Å². The van der Waals surface area contributed by atoms with Crippen LogP contribution in [0.3, 0.4) is 0 Å². The van der Waals surface area contributed by atoms with Gasteiger partial charge in [-0.15, -0.1) is 0 Å². The summed E-state index contributed by atoms with van der Waals surface area (Å²) in [6, 6.07) is 1.83. The smallest absolute Gasteiger partial charge is 0.0100 e. The Morgan fingerprint density at radius 3 is 1.62 bits per heavy atom. The summed E-state index contributed by atoms with van der Waals surface area (Å²) in [6.07, 6.45) is 20.7. The average Bonchev–Trinajstić information content (AvgIpc) is 3.04. The van der Waals surface area contributed by atoms with Gasteiger partial charge in [-0.1, -0.05) is 67.3 Å². The maximum Gasteiger partial charge on any atom is 0.0100 e. The standard InChI is InChI=1S/C19H34BrN/c20-15-19(13-7-8-14-19)16-21(17-9-3-1-4-10-17)18-11-5-2-6-12-18/h17-18H,1-16H2. The molecule has 122 valence electrons. The summed E-state index contributed by atoms with van der Waals surface area (Å²) in [5.74, 6) is 0. The van der Waals surface area contributed by atoms with E-state index in [0.717, 1.165) is 12.1 Å². The minimum atomic E-state index is 0.606. The molecule has 3 fully saturated rings. The normalized spacial score (nSPS) is 28.3. The van der Waals surface area contributed by atoms with E-state index in [1.807, 2.05) is 0 Å². The maximum atomic E-state index is 3.88. The maximum absolute atomic E-state index is 3.88. The number of rotatable bonds is 5. The Bertz CT molecular complexity index is 281. The highest BCUT2D eigenvalue weighted by molar-refractivity contribution is 9.09. The van der Waals surface area contributed by atoms with Gasteiger partial charge >= 0.3 is 0 Å². The topological polar surface area (TPSA) is 3.24 Å². The third-order valence-electron chi connectivity index (χ3n) is 6.55. The highest BCUT2D eigenvalue weighted by Gasteiger charge is 2.39.